The standard InChI is InChI=1S/C16H21NO6/c1-5-23-16(19)10-17-13(9-15(18)22-4)12-7-6-11(20-2)8-14(12)21-3/h6-9,17H,5,10H2,1-4H3/b13-9-. The maximum absolute atomic E-state index is 11.6. The Morgan fingerprint density at radius 2 is 1.91 bits per heavy atom. The summed E-state index contributed by atoms with van der Waals surface area (Å²) < 4.78 is 19.9. The van der Waals surface area contributed by atoms with Gasteiger partial charge >= 0.3 is 11.9 Å². The number of carbonyl (C=O) groups is 2. The number of carbonyl (C=O) groups excluding carboxylic acids is 2. The molecule has 1 N–H and O–H groups in total. The lowest BCUT2D eigenvalue weighted by Crippen LogP contribution is -2.24. The smallest absolute Gasteiger partial charge is 0.332 e. The van der Waals surface area contributed by atoms with Crippen molar-refractivity contribution >= 4 is 17.6 Å². The largest absolute Gasteiger partial charge is 0.497 e. The van der Waals surface area contributed by atoms with E-state index >= 15 is 0 Å². The molecular formula is C16H21NO6. The summed E-state index contributed by atoms with van der Waals surface area (Å²) in [6, 6.07) is 5.10. The van der Waals surface area contributed by atoms with Gasteiger partial charge in [0.25, 0.3) is 0 Å². The average molecular weight is 323 g/mol. The molecule has 0 radical (unpaired) electrons. The number of ether oxygens (including phenoxy) is 4. The van der Waals surface area contributed by atoms with Gasteiger partial charge in [-0.1, -0.05) is 0 Å². The molecule has 0 spiro atoms. The van der Waals surface area contributed by atoms with Gasteiger partial charge in [0.2, 0.25) is 0 Å². The van der Waals surface area contributed by atoms with Gasteiger partial charge in [-0.05, 0) is 19.1 Å². The van der Waals surface area contributed by atoms with Crippen molar-refractivity contribution in [3.05, 3.63) is 29.8 Å². The van der Waals surface area contributed by atoms with Gasteiger partial charge in [-0.15, -0.1) is 0 Å². The number of nitrogens with one attached hydrogen (secondary N) is 1. The van der Waals surface area contributed by atoms with Crippen LogP contribution < -0.4 is 14.8 Å². The maximum atomic E-state index is 11.6. The molecular weight excluding hydrogens is 302 g/mol. The van der Waals surface area contributed by atoms with Gasteiger partial charge in [-0.2, -0.15) is 0 Å². The molecule has 0 heterocycles. The van der Waals surface area contributed by atoms with E-state index in [2.05, 4.69) is 10.1 Å². The number of hydrogen-bond donors (Lipinski definition) is 1. The molecule has 0 bridgehead atoms. The fourth-order valence-corrected chi connectivity index (χ4v) is 1.80. The predicted octanol–water partition coefficient (Wildman–Crippen LogP) is 1.37. The normalized spacial score (nSPS) is 10.7. The molecule has 0 saturated heterocycles. The molecule has 0 atom stereocenters. The third-order valence-electron chi connectivity index (χ3n) is 2.89. The van der Waals surface area contributed by atoms with Gasteiger partial charge in [0, 0.05) is 17.7 Å². The van der Waals surface area contributed by atoms with Crippen LogP contribution >= 0.6 is 0 Å². The lowest BCUT2D eigenvalue weighted by molar-refractivity contribution is -0.141. The lowest BCUT2D eigenvalue weighted by atomic mass is 10.1. The van der Waals surface area contributed by atoms with Gasteiger partial charge in [-0.3, -0.25) is 4.79 Å². The Kier molecular flexibility index (Phi) is 7.45. The Morgan fingerprint density at radius 3 is 2.48 bits per heavy atom. The van der Waals surface area contributed by atoms with Gasteiger partial charge in [-0.25, -0.2) is 4.79 Å². The van der Waals surface area contributed by atoms with Crippen LogP contribution in [0.15, 0.2) is 24.3 Å². The summed E-state index contributed by atoms with van der Waals surface area (Å²) in [5.41, 5.74) is 0.965. The van der Waals surface area contributed by atoms with Crippen LogP contribution in [0.1, 0.15) is 12.5 Å². The van der Waals surface area contributed by atoms with E-state index < -0.39 is 11.9 Å². The molecule has 0 fully saturated rings. The monoisotopic (exact) mass is 323 g/mol. The summed E-state index contributed by atoms with van der Waals surface area (Å²) in [6.07, 6.45) is 1.24. The van der Waals surface area contributed by atoms with Crippen LogP contribution in [0.3, 0.4) is 0 Å². The Labute approximate surface area is 135 Å². The Bertz CT molecular complexity index is 582. The van der Waals surface area contributed by atoms with Crippen LogP contribution in [0.25, 0.3) is 5.70 Å². The third kappa shape index (κ3) is 5.54. The molecule has 0 aliphatic carbocycles. The second-order valence-corrected chi connectivity index (χ2v) is 4.31. The number of benzene rings is 1. The fraction of sp³-hybridized carbons (Fsp3) is 0.375. The Hall–Kier alpha value is -2.70. The predicted molar refractivity (Wildman–Crippen MR) is 84.2 cm³/mol. The van der Waals surface area contributed by atoms with E-state index in [1.54, 1.807) is 32.2 Å². The lowest BCUT2D eigenvalue weighted by Gasteiger charge is -2.15. The molecule has 1 aromatic rings. The van der Waals surface area contributed by atoms with Crippen LogP contribution in [-0.4, -0.2) is 46.4 Å². The molecule has 0 aliphatic rings. The van der Waals surface area contributed by atoms with E-state index in [9.17, 15) is 9.59 Å². The number of hydrogen-bond acceptors (Lipinski definition) is 7. The van der Waals surface area contributed by atoms with Crippen molar-refractivity contribution in [2.24, 2.45) is 0 Å². The summed E-state index contributed by atoms with van der Waals surface area (Å²) in [7, 11) is 4.31. The quantitative estimate of drug-likeness (QED) is 0.571. The van der Waals surface area contributed by atoms with Crippen molar-refractivity contribution < 1.29 is 28.5 Å². The molecule has 0 saturated carbocycles. The summed E-state index contributed by atoms with van der Waals surface area (Å²) in [5, 5.41) is 2.86. The third-order valence-corrected chi connectivity index (χ3v) is 2.89. The van der Waals surface area contributed by atoms with Crippen molar-refractivity contribution in [3.8, 4) is 11.5 Å². The number of rotatable bonds is 8. The Balaban J connectivity index is 3.11. The summed E-state index contributed by atoms with van der Waals surface area (Å²) in [5.74, 6) is 0.0919. The molecule has 0 unspecified atom stereocenters. The first-order valence-corrected chi connectivity index (χ1v) is 6.97. The first-order chi connectivity index (χ1) is 11.0. The number of methoxy groups -OCH3 is 3. The number of esters is 2. The molecule has 1 aromatic carbocycles. The highest BCUT2D eigenvalue weighted by Crippen LogP contribution is 2.29. The van der Waals surface area contributed by atoms with Crippen molar-refractivity contribution in [1.29, 1.82) is 0 Å². The van der Waals surface area contributed by atoms with Crippen LogP contribution in [0.2, 0.25) is 0 Å². The van der Waals surface area contributed by atoms with Crippen LogP contribution in [0.4, 0.5) is 0 Å². The van der Waals surface area contributed by atoms with Gasteiger partial charge in [0.1, 0.15) is 18.0 Å². The molecule has 0 aromatic heterocycles. The minimum Gasteiger partial charge on any atom is -0.497 e. The van der Waals surface area contributed by atoms with Gasteiger partial charge < -0.3 is 24.3 Å². The molecule has 126 valence electrons. The highest BCUT2D eigenvalue weighted by atomic mass is 16.5. The van der Waals surface area contributed by atoms with Crippen LogP contribution in [-0.2, 0) is 19.1 Å². The average Bonchev–Trinajstić information content (AvgIpc) is 2.57. The zero-order valence-corrected chi connectivity index (χ0v) is 13.7. The van der Waals surface area contributed by atoms with Gasteiger partial charge in [0.05, 0.1) is 33.6 Å². The molecule has 0 aliphatic heterocycles. The van der Waals surface area contributed by atoms with E-state index in [-0.39, 0.29) is 13.2 Å². The Morgan fingerprint density at radius 1 is 1.17 bits per heavy atom. The molecule has 1 rings (SSSR count). The molecule has 0 amide bonds. The zero-order valence-electron chi connectivity index (χ0n) is 13.7. The highest BCUT2D eigenvalue weighted by molar-refractivity contribution is 5.92. The summed E-state index contributed by atoms with van der Waals surface area (Å²) in [4.78, 5) is 23.1. The van der Waals surface area contributed by atoms with Crippen molar-refractivity contribution in [2.45, 2.75) is 6.92 Å². The summed E-state index contributed by atoms with van der Waals surface area (Å²) in [6.45, 7) is 1.91. The first-order valence-electron chi connectivity index (χ1n) is 6.97. The molecule has 23 heavy (non-hydrogen) atoms. The van der Waals surface area contributed by atoms with E-state index in [0.29, 0.717) is 22.8 Å². The van der Waals surface area contributed by atoms with Crippen LogP contribution in [0, 0.1) is 0 Å². The maximum Gasteiger partial charge on any atom is 0.332 e. The van der Waals surface area contributed by atoms with Crippen molar-refractivity contribution in [3.63, 3.8) is 0 Å². The molecule has 7 nitrogen and oxygen atoms in total. The zero-order chi connectivity index (χ0) is 17.2. The van der Waals surface area contributed by atoms with E-state index in [1.807, 2.05) is 0 Å². The molecule has 7 heteroatoms. The minimum atomic E-state index is -0.561. The van der Waals surface area contributed by atoms with Crippen LogP contribution in [0.5, 0.6) is 11.5 Å². The summed E-state index contributed by atoms with van der Waals surface area (Å²) >= 11 is 0. The topological polar surface area (TPSA) is 83.1 Å². The van der Waals surface area contributed by atoms with Crippen molar-refractivity contribution in [2.75, 3.05) is 34.5 Å². The first kappa shape index (κ1) is 18.3. The van der Waals surface area contributed by atoms with Crippen molar-refractivity contribution in [1.82, 2.24) is 5.32 Å². The second kappa shape index (κ2) is 9.34. The van der Waals surface area contributed by atoms with E-state index in [0.717, 1.165) is 0 Å². The fourth-order valence-electron chi connectivity index (χ4n) is 1.80. The van der Waals surface area contributed by atoms with E-state index in [4.69, 9.17) is 14.2 Å². The highest BCUT2D eigenvalue weighted by Gasteiger charge is 2.13. The second-order valence-electron chi connectivity index (χ2n) is 4.31. The van der Waals surface area contributed by atoms with E-state index in [1.165, 1.54) is 20.3 Å². The SMILES string of the molecule is CCOC(=O)CN/C(=C\C(=O)OC)c1ccc(OC)cc1OC. The van der Waals surface area contributed by atoms with Gasteiger partial charge in [0.15, 0.2) is 0 Å². The minimum absolute atomic E-state index is 0.0914.